The second-order valence-electron chi connectivity index (χ2n) is 8.02. The Balaban J connectivity index is 1.95. The fourth-order valence-electron chi connectivity index (χ4n) is 3.43. The van der Waals surface area contributed by atoms with Gasteiger partial charge in [-0.2, -0.15) is 0 Å². The van der Waals surface area contributed by atoms with Crippen molar-refractivity contribution in [3.63, 3.8) is 0 Å². The van der Waals surface area contributed by atoms with Gasteiger partial charge in [0.05, 0.1) is 11.7 Å². The molecule has 2 N–H and O–H groups in total. The van der Waals surface area contributed by atoms with Crippen LogP contribution in [0.4, 0.5) is 0 Å². The molecular formula is C21H26O7. The molecule has 0 bridgehead atoms. The van der Waals surface area contributed by atoms with Crippen LogP contribution in [-0.2, 0) is 16.0 Å². The van der Waals surface area contributed by atoms with Crippen LogP contribution in [0, 0.1) is 12.8 Å². The number of Topliss-reactive ketones (excluding diaryl/α,β-unsaturated/α-hetero) is 1. The lowest BCUT2D eigenvalue weighted by molar-refractivity contribution is -0.285. The van der Waals surface area contributed by atoms with E-state index in [9.17, 15) is 19.8 Å². The molecule has 0 saturated carbocycles. The molecule has 0 radical (unpaired) electrons. The molecule has 7 nitrogen and oxygen atoms in total. The zero-order chi connectivity index (χ0) is 20.8. The number of aliphatic hydroxyl groups is 2. The summed E-state index contributed by atoms with van der Waals surface area (Å²) in [4.78, 5) is 23.5. The van der Waals surface area contributed by atoms with E-state index in [2.05, 4.69) is 0 Å². The number of benzene rings is 1. The van der Waals surface area contributed by atoms with Crippen molar-refractivity contribution < 1.29 is 28.9 Å². The summed E-state index contributed by atoms with van der Waals surface area (Å²) in [6.07, 6.45) is -3.27. The maximum absolute atomic E-state index is 12.2. The van der Waals surface area contributed by atoms with Crippen LogP contribution in [0.1, 0.15) is 38.8 Å². The number of fused-ring (bicyclic) bond motifs is 1. The molecule has 1 aliphatic rings. The van der Waals surface area contributed by atoms with Crippen LogP contribution in [0.15, 0.2) is 27.4 Å². The third-order valence-corrected chi connectivity index (χ3v) is 5.51. The highest BCUT2D eigenvalue weighted by Crippen LogP contribution is 2.36. The van der Waals surface area contributed by atoms with E-state index in [0.717, 1.165) is 0 Å². The summed E-state index contributed by atoms with van der Waals surface area (Å²) in [5, 5.41) is 21.3. The molecule has 152 valence electrons. The average Bonchev–Trinajstić information content (AvgIpc) is 2.61. The predicted octanol–water partition coefficient (Wildman–Crippen LogP) is 2.10. The Morgan fingerprint density at radius 1 is 1.25 bits per heavy atom. The summed E-state index contributed by atoms with van der Waals surface area (Å²) < 4.78 is 17.1. The van der Waals surface area contributed by atoms with E-state index in [-0.39, 0.29) is 18.1 Å². The van der Waals surface area contributed by atoms with Crippen molar-refractivity contribution in [3.05, 3.63) is 39.7 Å². The van der Waals surface area contributed by atoms with Crippen molar-refractivity contribution in [2.24, 2.45) is 5.92 Å². The molecule has 1 aromatic carbocycles. The van der Waals surface area contributed by atoms with Crippen LogP contribution in [0.5, 0.6) is 5.75 Å². The van der Waals surface area contributed by atoms with Gasteiger partial charge in [0.15, 0.2) is 0 Å². The predicted molar refractivity (Wildman–Crippen MR) is 102 cm³/mol. The summed E-state index contributed by atoms with van der Waals surface area (Å²) >= 11 is 0. The summed E-state index contributed by atoms with van der Waals surface area (Å²) in [5.41, 5.74) is -0.0541. The molecule has 1 aromatic heterocycles. The molecule has 1 unspecified atom stereocenters. The van der Waals surface area contributed by atoms with Crippen molar-refractivity contribution in [2.45, 2.75) is 65.1 Å². The zero-order valence-electron chi connectivity index (χ0n) is 16.7. The fourth-order valence-corrected chi connectivity index (χ4v) is 3.43. The monoisotopic (exact) mass is 390 g/mol. The molecule has 7 heteroatoms. The largest absolute Gasteiger partial charge is 0.462 e. The van der Waals surface area contributed by atoms with E-state index < -0.39 is 29.7 Å². The lowest BCUT2D eigenvalue weighted by Gasteiger charge is -2.46. The minimum absolute atomic E-state index is 0.0167. The third-order valence-electron chi connectivity index (χ3n) is 5.51. The summed E-state index contributed by atoms with van der Waals surface area (Å²) in [5.74, 6) is -0.0310. The van der Waals surface area contributed by atoms with Gasteiger partial charge in [-0.1, -0.05) is 6.92 Å². The van der Waals surface area contributed by atoms with Crippen LogP contribution in [0.2, 0.25) is 0 Å². The highest BCUT2D eigenvalue weighted by atomic mass is 16.7. The number of carbonyl (C=O) groups excluding carboxylic acids is 1. The van der Waals surface area contributed by atoms with E-state index in [0.29, 0.717) is 27.8 Å². The van der Waals surface area contributed by atoms with Crippen LogP contribution < -0.4 is 10.4 Å². The van der Waals surface area contributed by atoms with Gasteiger partial charge < -0.3 is 24.1 Å². The number of aryl methyl sites for hydroxylation is 1. The summed E-state index contributed by atoms with van der Waals surface area (Å²) in [7, 11) is 0. The number of rotatable bonds is 4. The minimum Gasteiger partial charge on any atom is -0.462 e. The van der Waals surface area contributed by atoms with Crippen molar-refractivity contribution in [3.8, 4) is 5.75 Å². The van der Waals surface area contributed by atoms with Crippen LogP contribution in [-0.4, -0.2) is 40.1 Å². The molecule has 0 spiro atoms. The highest BCUT2D eigenvalue weighted by Gasteiger charge is 2.47. The lowest BCUT2D eigenvalue weighted by atomic mass is 9.82. The summed E-state index contributed by atoms with van der Waals surface area (Å²) in [6, 6.07) is 5.03. The van der Waals surface area contributed by atoms with Crippen molar-refractivity contribution >= 4 is 16.8 Å². The van der Waals surface area contributed by atoms with Crippen LogP contribution in [0.3, 0.4) is 0 Å². The molecule has 1 saturated heterocycles. The van der Waals surface area contributed by atoms with Crippen molar-refractivity contribution in [1.82, 2.24) is 0 Å². The second-order valence-corrected chi connectivity index (χ2v) is 8.02. The molecular weight excluding hydrogens is 364 g/mol. The number of hydrogen-bond acceptors (Lipinski definition) is 7. The smallest absolute Gasteiger partial charge is 0.339 e. The Bertz CT molecular complexity index is 959. The fraction of sp³-hybridized carbons (Fsp3) is 0.524. The lowest BCUT2D eigenvalue weighted by Crippen LogP contribution is -2.59. The Kier molecular flexibility index (Phi) is 5.36. The Morgan fingerprint density at radius 3 is 2.57 bits per heavy atom. The number of aliphatic hydroxyl groups excluding tert-OH is 2. The first-order valence-corrected chi connectivity index (χ1v) is 9.27. The zero-order valence-corrected chi connectivity index (χ0v) is 16.7. The van der Waals surface area contributed by atoms with Crippen molar-refractivity contribution in [2.75, 3.05) is 0 Å². The van der Waals surface area contributed by atoms with Gasteiger partial charge in [0.25, 0.3) is 0 Å². The quantitative estimate of drug-likeness (QED) is 0.770. The second kappa shape index (κ2) is 7.31. The van der Waals surface area contributed by atoms with Crippen LogP contribution >= 0.6 is 0 Å². The first kappa shape index (κ1) is 20.5. The van der Waals surface area contributed by atoms with Gasteiger partial charge in [-0.05, 0) is 45.9 Å². The molecule has 2 aromatic rings. The van der Waals surface area contributed by atoms with Gasteiger partial charge in [0.2, 0.25) is 6.29 Å². The SMILES string of the molecule is CC(=O)Cc1cc2ccc(O[C@@H]3OC(C)(C)[C@H](C)[C@@H](O)C3O)c(C)c2oc1=O. The van der Waals surface area contributed by atoms with Gasteiger partial charge in [0.1, 0.15) is 23.2 Å². The van der Waals surface area contributed by atoms with Crippen molar-refractivity contribution in [1.29, 1.82) is 0 Å². The van der Waals surface area contributed by atoms with E-state index in [4.69, 9.17) is 13.9 Å². The van der Waals surface area contributed by atoms with Gasteiger partial charge in [-0.3, -0.25) is 4.79 Å². The molecule has 2 heterocycles. The Labute approximate surface area is 162 Å². The topological polar surface area (TPSA) is 106 Å². The van der Waals surface area contributed by atoms with E-state index >= 15 is 0 Å². The van der Waals surface area contributed by atoms with Gasteiger partial charge in [-0.25, -0.2) is 4.79 Å². The standard InChI is InChI=1S/C21H26O7/c1-10(22)8-14-9-13-6-7-15(11(2)18(13)27-19(14)25)26-20-17(24)16(23)12(3)21(4,5)28-20/h6-7,9,12,16-17,20,23-24H,8H2,1-5H3/t12-,16-,17?,20-/m1/s1. The third kappa shape index (κ3) is 3.70. The van der Waals surface area contributed by atoms with Gasteiger partial charge >= 0.3 is 5.63 Å². The number of ether oxygens (including phenoxy) is 2. The first-order chi connectivity index (χ1) is 13.0. The first-order valence-electron chi connectivity index (χ1n) is 9.27. The molecule has 0 amide bonds. The maximum Gasteiger partial charge on any atom is 0.339 e. The Hall–Kier alpha value is -2.22. The van der Waals surface area contributed by atoms with Gasteiger partial charge in [0, 0.05) is 28.9 Å². The molecule has 3 rings (SSSR count). The molecule has 4 atom stereocenters. The average molecular weight is 390 g/mol. The minimum atomic E-state index is -1.22. The Morgan fingerprint density at radius 2 is 1.93 bits per heavy atom. The number of carbonyl (C=O) groups is 1. The maximum atomic E-state index is 12.2. The van der Waals surface area contributed by atoms with E-state index in [1.54, 1.807) is 32.0 Å². The normalized spacial score (nSPS) is 27.0. The van der Waals surface area contributed by atoms with Crippen LogP contribution in [0.25, 0.3) is 11.0 Å². The van der Waals surface area contributed by atoms with E-state index in [1.165, 1.54) is 6.92 Å². The summed E-state index contributed by atoms with van der Waals surface area (Å²) in [6.45, 7) is 8.60. The molecule has 1 aliphatic heterocycles. The molecule has 0 aliphatic carbocycles. The number of ketones is 1. The highest BCUT2D eigenvalue weighted by molar-refractivity contribution is 5.84. The molecule has 28 heavy (non-hydrogen) atoms. The van der Waals surface area contributed by atoms with E-state index in [1.807, 2.05) is 13.8 Å². The number of hydrogen-bond donors (Lipinski definition) is 2. The molecule has 1 fully saturated rings. The van der Waals surface area contributed by atoms with Gasteiger partial charge in [-0.15, -0.1) is 0 Å².